The SMILES string of the molecule is c1cc2c(c(CNC3CCN(C4CC4)CC3)c1)NCCC2. The van der Waals surface area contributed by atoms with Crippen molar-refractivity contribution in [1.82, 2.24) is 10.2 Å². The molecular formula is C18H27N3. The molecule has 2 fully saturated rings. The molecule has 0 amide bonds. The van der Waals surface area contributed by atoms with E-state index in [4.69, 9.17) is 0 Å². The Morgan fingerprint density at radius 2 is 2.00 bits per heavy atom. The maximum atomic E-state index is 3.80. The van der Waals surface area contributed by atoms with E-state index in [1.54, 1.807) is 0 Å². The molecule has 0 aromatic heterocycles. The summed E-state index contributed by atoms with van der Waals surface area (Å²) < 4.78 is 0. The van der Waals surface area contributed by atoms with E-state index < -0.39 is 0 Å². The van der Waals surface area contributed by atoms with Gasteiger partial charge in [-0.3, -0.25) is 0 Å². The molecule has 1 aliphatic carbocycles. The van der Waals surface area contributed by atoms with Crippen LogP contribution in [0.15, 0.2) is 18.2 Å². The van der Waals surface area contributed by atoms with Crippen LogP contribution in [0.3, 0.4) is 0 Å². The van der Waals surface area contributed by atoms with Crippen LogP contribution in [0.5, 0.6) is 0 Å². The van der Waals surface area contributed by atoms with Crippen LogP contribution in [-0.2, 0) is 13.0 Å². The van der Waals surface area contributed by atoms with Crippen LogP contribution in [0.4, 0.5) is 5.69 Å². The first-order valence-corrected chi connectivity index (χ1v) is 8.72. The minimum atomic E-state index is 0.708. The number of nitrogens with zero attached hydrogens (tertiary/aromatic N) is 1. The van der Waals surface area contributed by atoms with Crippen LogP contribution < -0.4 is 10.6 Å². The Kier molecular flexibility index (Phi) is 3.87. The summed E-state index contributed by atoms with van der Waals surface area (Å²) >= 11 is 0. The van der Waals surface area contributed by atoms with Gasteiger partial charge in [-0.05, 0) is 62.7 Å². The number of benzene rings is 1. The third-order valence-corrected chi connectivity index (χ3v) is 5.34. The van der Waals surface area contributed by atoms with Gasteiger partial charge in [0.1, 0.15) is 0 Å². The zero-order chi connectivity index (χ0) is 14.1. The molecule has 4 rings (SSSR count). The predicted octanol–water partition coefficient (Wildman–Crippen LogP) is 2.76. The molecule has 0 unspecified atom stereocenters. The molecule has 1 aromatic rings. The van der Waals surface area contributed by atoms with Gasteiger partial charge >= 0.3 is 0 Å². The van der Waals surface area contributed by atoms with Gasteiger partial charge in [0.05, 0.1) is 0 Å². The van der Waals surface area contributed by atoms with Crippen molar-refractivity contribution in [2.24, 2.45) is 0 Å². The number of fused-ring (bicyclic) bond motifs is 1. The van der Waals surface area contributed by atoms with Crippen LogP contribution >= 0.6 is 0 Å². The van der Waals surface area contributed by atoms with E-state index in [9.17, 15) is 0 Å². The highest BCUT2D eigenvalue weighted by molar-refractivity contribution is 5.59. The van der Waals surface area contributed by atoms with Crippen molar-refractivity contribution < 1.29 is 0 Å². The van der Waals surface area contributed by atoms with E-state index in [0.717, 1.165) is 19.1 Å². The van der Waals surface area contributed by atoms with Crippen LogP contribution in [0.1, 0.15) is 43.2 Å². The van der Waals surface area contributed by atoms with E-state index in [2.05, 4.69) is 33.7 Å². The van der Waals surface area contributed by atoms with Crippen LogP contribution in [0, 0.1) is 0 Å². The molecule has 21 heavy (non-hydrogen) atoms. The van der Waals surface area contributed by atoms with Gasteiger partial charge in [0.25, 0.3) is 0 Å². The molecule has 1 saturated heterocycles. The van der Waals surface area contributed by atoms with Crippen molar-refractivity contribution in [1.29, 1.82) is 0 Å². The lowest BCUT2D eigenvalue weighted by molar-refractivity contribution is 0.189. The molecular weight excluding hydrogens is 258 g/mol. The minimum absolute atomic E-state index is 0.708. The number of para-hydroxylation sites is 1. The molecule has 3 heteroatoms. The number of likely N-dealkylation sites (tertiary alicyclic amines) is 1. The number of nitrogens with one attached hydrogen (secondary N) is 2. The zero-order valence-electron chi connectivity index (χ0n) is 12.9. The Bertz CT molecular complexity index is 487. The average Bonchev–Trinajstić information content (AvgIpc) is 3.38. The van der Waals surface area contributed by atoms with Crippen molar-refractivity contribution in [2.45, 2.75) is 57.2 Å². The Labute approximate surface area is 128 Å². The second-order valence-corrected chi connectivity index (χ2v) is 6.90. The number of hydrogen-bond acceptors (Lipinski definition) is 3. The molecule has 114 valence electrons. The van der Waals surface area contributed by atoms with Gasteiger partial charge in [-0.2, -0.15) is 0 Å². The number of rotatable bonds is 4. The molecule has 0 bridgehead atoms. The highest BCUT2D eigenvalue weighted by Gasteiger charge is 2.31. The molecule has 1 saturated carbocycles. The molecule has 3 aliphatic rings. The Balaban J connectivity index is 1.32. The lowest BCUT2D eigenvalue weighted by atomic mass is 9.98. The molecule has 2 heterocycles. The van der Waals surface area contributed by atoms with Crippen molar-refractivity contribution >= 4 is 5.69 Å². The fourth-order valence-corrected chi connectivity index (χ4v) is 3.89. The first-order valence-electron chi connectivity index (χ1n) is 8.72. The highest BCUT2D eigenvalue weighted by atomic mass is 15.2. The fourth-order valence-electron chi connectivity index (χ4n) is 3.89. The van der Waals surface area contributed by atoms with Gasteiger partial charge in [-0.1, -0.05) is 18.2 Å². The Morgan fingerprint density at radius 1 is 1.14 bits per heavy atom. The van der Waals surface area contributed by atoms with Gasteiger partial charge in [0.15, 0.2) is 0 Å². The van der Waals surface area contributed by atoms with E-state index in [1.807, 2.05) is 0 Å². The summed E-state index contributed by atoms with van der Waals surface area (Å²) in [6.07, 6.45) is 8.02. The molecule has 0 spiro atoms. The first kappa shape index (κ1) is 13.6. The quantitative estimate of drug-likeness (QED) is 0.891. The second-order valence-electron chi connectivity index (χ2n) is 6.90. The molecule has 2 N–H and O–H groups in total. The van der Waals surface area contributed by atoms with Gasteiger partial charge in [-0.25, -0.2) is 0 Å². The summed E-state index contributed by atoms with van der Waals surface area (Å²) in [4.78, 5) is 2.70. The predicted molar refractivity (Wildman–Crippen MR) is 87.7 cm³/mol. The van der Waals surface area contributed by atoms with E-state index in [-0.39, 0.29) is 0 Å². The zero-order valence-corrected chi connectivity index (χ0v) is 12.9. The minimum Gasteiger partial charge on any atom is -0.385 e. The lowest BCUT2D eigenvalue weighted by Gasteiger charge is -2.32. The van der Waals surface area contributed by atoms with Crippen LogP contribution in [0.25, 0.3) is 0 Å². The number of piperidine rings is 1. The van der Waals surface area contributed by atoms with Gasteiger partial charge in [0.2, 0.25) is 0 Å². The number of hydrogen-bond donors (Lipinski definition) is 2. The second kappa shape index (κ2) is 5.98. The maximum Gasteiger partial charge on any atom is 0.0418 e. The maximum absolute atomic E-state index is 3.80. The number of aryl methyl sites for hydroxylation is 1. The van der Waals surface area contributed by atoms with Crippen molar-refractivity contribution in [2.75, 3.05) is 25.0 Å². The number of anilines is 1. The summed E-state index contributed by atoms with van der Waals surface area (Å²) in [5, 5.41) is 7.40. The normalized spacial score (nSPS) is 23.6. The smallest absolute Gasteiger partial charge is 0.0418 e. The fraction of sp³-hybridized carbons (Fsp3) is 0.667. The average molecular weight is 285 g/mol. The lowest BCUT2D eigenvalue weighted by Crippen LogP contribution is -2.43. The van der Waals surface area contributed by atoms with Gasteiger partial charge in [-0.15, -0.1) is 0 Å². The van der Waals surface area contributed by atoms with E-state index in [1.165, 1.54) is 68.4 Å². The Morgan fingerprint density at radius 3 is 2.81 bits per heavy atom. The van der Waals surface area contributed by atoms with Crippen molar-refractivity contribution in [3.8, 4) is 0 Å². The molecule has 3 nitrogen and oxygen atoms in total. The van der Waals surface area contributed by atoms with Crippen molar-refractivity contribution in [3.05, 3.63) is 29.3 Å². The van der Waals surface area contributed by atoms with Crippen molar-refractivity contribution in [3.63, 3.8) is 0 Å². The van der Waals surface area contributed by atoms with E-state index >= 15 is 0 Å². The summed E-state index contributed by atoms with van der Waals surface area (Å²) in [5.74, 6) is 0. The Hall–Kier alpha value is -1.06. The molecule has 1 aromatic carbocycles. The topological polar surface area (TPSA) is 27.3 Å². The van der Waals surface area contributed by atoms with Crippen LogP contribution in [0.2, 0.25) is 0 Å². The largest absolute Gasteiger partial charge is 0.385 e. The summed E-state index contributed by atoms with van der Waals surface area (Å²) in [6.45, 7) is 4.75. The van der Waals surface area contributed by atoms with Gasteiger partial charge in [0, 0.05) is 30.9 Å². The van der Waals surface area contributed by atoms with Crippen LogP contribution in [-0.4, -0.2) is 36.6 Å². The third kappa shape index (κ3) is 3.09. The molecule has 2 aliphatic heterocycles. The summed E-state index contributed by atoms with van der Waals surface area (Å²) in [7, 11) is 0. The summed E-state index contributed by atoms with van der Waals surface area (Å²) in [6, 6.07) is 8.43. The van der Waals surface area contributed by atoms with E-state index in [0.29, 0.717) is 6.04 Å². The highest BCUT2D eigenvalue weighted by Crippen LogP contribution is 2.30. The molecule has 0 radical (unpaired) electrons. The molecule has 0 atom stereocenters. The monoisotopic (exact) mass is 285 g/mol. The first-order chi connectivity index (χ1) is 10.4. The summed E-state index contributed by atoms with van der Waals surface area (Å²) in [5.41, 5.74) is 4.37. The third-order valence-electron chi connectivity index (χ3n) is 5.34. The van der Waals surface area contributed by atoms with Gasteiger partial charge < -0.3 is 15.5 Å². The standard InChI is InChI=1S/C18H27N3/c1-3-14-5-2-10-19-18(14)15(4-1)13-20-16-8-11-21(12-9-16)17-6-7-17/h1,3-4,16-17,19-20H,2,5-13H2.